The van der Waals surface area contributed by atoms with Crippen LogP contribution in [0.2, 0.25) is 0 Å². The second-order valence-corrected chi connectivity index (χ2v) is 3.64. The molecular formula is C8H15BrN2O2. The first kappa shape index (κ1) is 10.9. The number of carbonyl (C=O) groups excluding carboxylic acids is 1. The van der Waals surface area contributed by atoms with Gasteiger partial charge in [0.2, 0.25) is 5.91 Å². The monoisotopic (exact) mass is 250 g/mol. The Kier molecular flexibility index (Phi) is 4.69. The van der Waals surface area contributed by atoms with Crippen molar-refractivity contribution in [2.45, 2.75) is 0 Å². The molecule has 0 aromatic carbocycles. The third kappa shape index (κ3) is 3.25. The minimum absolute atomic E-state index is 0.156. The molecule has 1 amide bonds. The number of amides is 1. The summed E-state index contributed by atoms with van der Waals surface area (Å²) in [5.41, 5.74) is 0. The molecule has 0 aromatic rings. The fraction of sp³-hybridized carbons (Fsp3) is 0.875. The number of piperazine rings is 1. The number of alkyl halides is 1. The maximum Gasteiger partial charge on any atom is 0.233 e. The summed E-state index contributed by atoms with van der Waals surface area (Å²) in [4.78, 5) is 15.3. The molecule has 1 saturated heterocycles. The van der Waals surface area contributed by atoms with Crippen molar-refractivity contribution in [3.05, 3.63) is 0 Å². The summed E-state index contributed by atoms with van der Waals surface area (Å²) in [6.07, 6.45) is 0. The molecule has 0 unspecified atom stereocenters. The third-order valence-electron chi connectivity index (χ3n) is 2.26. The van der Waals surface area contributed by atoms with Gasteiger partial charge in [0.15, 0.2) is 0 Å². The lowest BCUT2D eigenvalue weighted by Gasteiger charge is -2.34. The van der Waals surface area contributed by atoms with Crippen molar-refractivity contribution in [3.63, 3.8) is 0 Å². The average molecular weight is 251 g/mol. The SMILES string of the molecule is O=C(CBr)N1CCN(CCO)CC1. The maximum atomic E-state index is 11.2. The number of β-amino-alcohol motifs (C(OH)–C–C–N with tert-alkyl or cyclic N) is 1. The van der Waals surface area contributed by atoms with Crippen LogP contribution in [0.4, 0.5) is 0 Å². The van der Waals surface area contributed by atoms with E-state index in [2.05, 4.69) is 20.8 Å². The number of aliphatic hydroxyl groups excluding tert-OH is 1. The first-order valence-electron chi connectivity index (χ1n) is 4.45. The van der Waals surface area contributed by atoms with Crippen LogP contribution in [0, 0.1) is 0 Å². The van der Waals surface area contributed by atoms with Crippen LogP contribution in [0.3, 0.4) is 0 Å². The van der Waals surface area contributed by atoms with E-state index in [1.54, 1.807) is 0 Å². The van der Waals surface area contributed by atoms with Gasteiger partial charge in [-0.15, -0.1) is 0 Å². The zero-order chi connectivity index (χ0) is 9.68. The number of hydrogen-bond donors (Lipinski definition) is 1. The molecule has 0 aliphatic carbocycles. The van der Waals surface area contributed by atoms with E-state index in [-0.39, 0.29) is 12.5 Å². The summed E-state index contributed by atoms with van der Waals surface area (Å²) in [7, 11) is 0. The van der Waals surface area contributed by atoms with Crippen LogP contribution in [0.15, 0.2) is 0 Å². The van der Waals surface area contributed by atoms with Crippen LogP contribution in [0.25, 0.3) is 0 Å². The van der Waals surface area contributed by atoms with E-state index >= 15 is 0 Å². The molecule has 1 aliphatic heterocycles. The zero-order valence-electron chi connectivity index (χ0n) is 7.58. The van der Waals surface area contributed by atoms with E-state index < -0.39 is 0 Å². The molecule has 1 aliphatic rings. The van der Waals surface area contributed by atoms with Crippen LogP contribution in [0.5, 0.6) is 0 Å². The lowest BCUT2D eigenvalue weighted by atomic mass is 10.3. The van der Waals surface area contributed by atoms with Gasteiger partial charge in [0.1, 0.15) is 0 Å². The van der Waals surface area contributed by atoms with E-state index in [0.717, 1.165) is 32.7 Å². The van der Waals surface area contributed by atoms with E-state index in [4.69, 9.17) is 5.11 Å². The molecule has 76 valence electrons. The van der Waals surface area contributed by atoms with Crippen molar-refractivity contribution < 1.29 is 9.90 Å². The van der Waals surface area contributed by atoms with Gasteiger partial charge >= 0.3 is 0 Å². The largest absolute Gasteiger partial charge is 0.395 e. The fourth-order valence-electron chi connectivity index (χ4n) is 1.45. The normalized spacial score (nSPS) is 19.1. The van der Waals surface area contributed by atoms with Gasteiger partial charge in [-0.2, -0.15) is 0 Å². The third-order valence-corrected chi connectivity index (χ3v) is 2.74. The van der Waals surface area contributed by atoms with Crippen LogP contribution in [-0.2, 0) is 4.79 Å². The highest BCUT2D eigenvalue weighted by molar-refractivity contribution is 9.09. The van der Waals surface area contributed by atoms with Crippen molar-refractivity contribution in [2.75, 3.05) is 44.7 Å². The average Bonchev–Trinajstić information content (AvgIpc) is 2.18. The topological polar surface area (TPSA) is 43.8 Å². The van der Waals surface area contributed by atoms with Crippen LogP contribution in [-0.4, -0.2) is 65.5 Å². The summed E-state index contributed by atoms with van der Waals surface area (Å²) >= 11 is 3.15. The maximum absolute atomic E-state index is 11.2. The summed E-state index contributed by atoms with van der Waals surface area (Å²) in [5.74, 6) is 0.156. The molecular weight excluding hydrogens is 236 g/mol. The van der Waals surface area contributed by atoms with Gasteiger partial charge in [0.05, 0.1) is 11.9 Å². The predicted molar refractivity (Wildman–Crippen MR) is 53.9 cm³/mol. The molecule has 0 aromatic heterocycles. The van der Waals surface area contributed by atoms with Crippen molar-refractivity contribution in [1.82, 2.24) is 9.80 Å². The lowest BCUT2D eigenvalue weighted by Crippen LogP contribution is -2.49. The van der Waals surface area contributed by atoms with Gasteiger partial charge in [0.25, 0.3) is 0 Å². The van der Waals surface area contributed by atoms with Gasteiger partial charge in [-0.3, -0.25) is 9.69 Å². The Morgan fingerprint density at radius 1 is 1.31 bits per heavy atom. The smallest absolute Gasteiger partial charge is 0.233 e. The Bertz CT molecular complexity index is 170. The molecule has 0 saturated carbocycles. The first-order chi connectivity index (χ1) is 6.27. The molecule has 13 heavy (non-hydrogen) atoms. The van der Waals surface area contributed by atoms with E-state index in [0.29, 0.717) is 5.33 Å². The summed E-state index contributed by atoms with van der Waals surface area (Å²) in [6.45, 7) is 4.23. The Morgan fingerprint density at radius 3 is 2.38 bits per heavy atom. The Morgan fingerprint density at radius 2 is 1.92 bits per heavy atom. The molecule has 5 heteroatoms. The van der Waals surface area contributed by atoms with Crippen LogP contribution in [0.1, 0.15) is 0 Å². The Labute approximate surface area is 86.6 Å². The Balaban J connectivity index is 2.26. The quantitative estimate of drug-likeness (QED) is 0.689. The molecule has 1 heterocycles. The number of nitrogens with zero attached hydrogens (tertiary/aromatic N) is 2. The fourth-order valence-corrected chi connectivity index (χ4v) is 1.80. The molecule has 4 nitrogen and oxygen atoms in total. The lowest BCUT2D eigenvalue weighted by molar-refractivity contribution is -0.130. The number of aliphatic hydroxyl groups is 1. The number of halogens is 1. The van der Waals surface area contributed by atoms with Crippen molar-refractivity contribution >= 4 is 21.8 Å². The minimum Gasteiger partial charge on any atom is -0.395 e. The molecule has 1 N–H and O–H groups in total. The van der Waals surface area contributed by atoms with Crippen molar-refractivity contribution in [2.24, 2.45) is 0 Å². The molecule has 0 spiro atoms. The highest BCUT2D eigenvalue weighted by Crippen LogP contribution is 2.02. The second kappa shape index (κ2) is 5.57. The molecule has 0 radical (unpaired) electrons. The van der Waals surface area contributed by atoms with E-state index in [1.807, 2.05) is 4.90 Å². The summed E-state index contributed by atoms with van der Waals surface area (Å²) in [5, 5.41) is 9.12. The summed E-state index contributed by atoms with van der Waals surface area (Å²) in [6, 6.07) is 0. The van der Waals surface area contributed by atoms with Crippen molar-refractivity contribution in [1.29, 1.82) is 0 Å². The highest BCUT2D eigenvalue weighted by atomic mass is 79.9. The summed E-state index contributed by atoms with van der Waals surface area (Å²) < 4.78 is 0. The molecule has 0 atom stereocenters. The zero-order valence-corrected chi connectivity index (χ0v) is 9.16. The van der Waals surface area contributed by atoms with Crippen LogP contribution < -0.4 is 0 Å². The van der Waals surface area contributed by atoms with E-state index in [9.17, 15) is 4.79 Å². The highest BCUT2D eigenvalue weighted by Gasteiger charge is 2.19. The van der Waals surface area contributed by atoms with Crippen molar-refractivity contribution in [3.8, 4) is 0 Å². The second-order valence-electron chi connectivity index (χ2n) is 3.08. The number of rotatable bonds is 3. The molecule has 0 bridgehead atoms. The van der Waals surface area contributed by atoms with Gasteiger partial charge in [-0.05, 0) is 0 Å². The van der Waals surface area contributed by atoms with Gasteiger partial charge < -0.3 is 10.0 Å². The molecule has 1 fully saturated rings. The number of hydrogen-bond acceptors (Lipinski definition) is 3. The van der Waals surface area contributed by atoms with Gasteiger partial charge in [-0.25, -0.2) is 0 Å². The Hall–Kier alpha value is -0.130. The minimum atomic E-state index is 0.156. The standard InChI is InChI=1S/C8H15BrN2O2/c9-7-8(13)11-3-1-10(2-4-11)5-6-12/h12H,1-7H2. The molecule has 1 rings (SSSR count). The number of carbonyl (C=O) groups is 1. The van der Waals surface area contributed by atoms with Gasteiger partial charge in [0, 0.05) is 32.7 Å². The predicted octanol–water partition coefficient (Wildman–Crippen LogP) is -0.482. The van der Waals surface area contributed by atoms with Crippen LogP contribution >= 0.6 is 15.9 Å². The van der Waals surface area contributed by atoms with E-state index in [1.165, 1.54) is 0 Å². The first-order valence-corrected chi connectivity index (χ1v) is 5.57. The van der Waals surface area contributed by atoms with Gasteiger partial charge in [-0.1, -0.05) is 15.9 Å².